The molecule has 0 bridgehead atoms. The Hall–Kier alpha value is -3.86. The minimum atomic E-state index is -1.06. The van der Waals surface area contributed by atoms with Crippen LogP contribution in [0.1, 0.15) is 17.5 Å². The maximum absolute atomic E-state index is 12.2. The Labute approximate surface area is 194 Å². The van der Waals surface area contributed by atoms with E-state index in [4.69, 9.17) is 14.6 Å². The number of nitrogens with one attached hydrogen (secondary N) is 2. The second-order valence-corrected chi connectivity index (χ2v) is 8.10. The second-order valence-electron chi connectivity index (χ2n) is 6.91. The van der Waals surface area contributed by atoms with Crippen molar-refractivity contribution in [2.45, 2.75) is 18.6 Å². The molecular weight excluding hydrogens is 448 g/mol. The summed E-state index contributed by atoms with van der Waals surface area (Å²) in [7, 11) is 1.48. The Balaban J connectivity index is 1.58. The van der Waals surface area contributed by atoms with Gasteiger partial charge in [-0.3, -0.25) is 14.4 Å². The number of hydrogen-bond acceptors (Lipinski definition) is 8. The number of rotatable bonds is 9. The van der Waals surface area contributed by atoms with Crippen LogP contribution in [-0.2, 0) is 14.4 Å². The number of para-hydroxylation sites is 1. The summed E-state index contributed by atoms with van der Waals surface area (Å²) in [5, 5.41) is 21.4. The van der Waals surface area contributed by atoms with E-state index in [2.05, 4.69) is 20.8 Å². The number of carboxylic acid groups (broad SMARTS) is 1. The maximum atomic E-state index is 12.2. The Morgan fingerprint density at radius 3 is 2.76 bits per heavy atom. The van der Waals surface area contributed by atoms with E-state index in [0.29, 0.717) is 17.1 Å². The highest BCUT2D eigenvalue weighted by Crippen LogP contribution is 2.28. The Kier molecular flexibility index (Phi) is 8.03. The zero-order valence-corrected chi connectivity index (χ0v) is 18.7. The van der Waals surface area contributed by atoms with Crippen LogP contribution in [0.4, 0.5) is 5.69 Å². The number of hydrogen-bond donors (Lipinski definition) is 3. The van der Waals surface area contributed by atoms with Gasteiger partial charge in [-0.15, -0.1) is 5.10 Å². The summed E-state index contributed by atoms with van der Waals surface area (Å²) in [6.07, 6.45) is 1.16. The van der Waals surface area contributed by atoms with E-state index >= 15 is 0 Å². The molecule has 0 aromatic heterocycles. The summed E-state index contributed by atoms with van der Waals surface area (Å²) in [5.74, 6) is -0.984. The van der Waals surface area contributed by atoms with Gasteiger partial charge in [-0.25, -0.2) is 0 Å². The number of nitrogens with zero attached hydrogens (tertiary/aromatic N) is 2. The van der Waals surface area contributed by atoms with Crippen LogP contribution < -0.4 is 20.1 Å². The Morgan fingerprint density at radius 2 is 2.03 bits per heavy atom. The molecule has 0 radical (unpaired) electrons. The van der Waals surface area contributed by atoms with Gasteiger partial charge in [-0.05, 0) is 42.3 Å². The van der Waals surface area contributed by atoms with Gasteiger partial charge in [0.1, 0.15) is 5.25 Å². The first-order valence-corrected chi connectivity index (χ1v) is 10.7. The number of aliphatic carboxylic acids is 1. The molecule has 11 heteroatoms. The molecule has 172 valence electrons. The number of carboxylic acids is 1. The van der Waals surface area contributed by atoms with Crippen LogP contribution in [0.5, 0.6) is 11.5 Å². The van der Waals surface area contributed by atoms with Crippen LogP contribution in [-0.4, -0.2) is 53.2 Å². The van der Waals surface area contributed by atoms with Crippen molar-refractivity contribution in [3.63, 3.8) is 0 Å². The molecule has 1 aliphatic heterocycles. The average molecular weight is 471 g/mol. The molecule has 1 unspecified atom stereocenters. The van der Waals surface area contributed by atoms with Crippen molar-refractivity contribution in [1.29, 1.82) is 0 Å². The summed E-state index contributed by atoms with van der Waals surface area (Å²) in [5.41, 5.74) is 2.31. The van der Waals surface area contributed by atoms with E-state index < -0.39 is 17.1 Å². The van der Waals surface area contributed by atoms with E-state index in [9.17, 15) is 14.4 Å². The summed E-state index contributed by atoms with van der Waals surface area (Å²) < 4.78 is 10.9. The number of aryl methyl sites for hydroxylation is 1. The van der Waals surface area contributed by atoms with Crippen molar-refractivity contribution in [2.75, 3.05) is 19.0 Å². The van der Waals surface area contributed by atoms with E-state index in [0.717, 1.165) is 23.0 Å². The van der Waals surface area contributed by atoms with Crippen molar-refractivity contribution in [3.05, 3.63) is 53.6 Å². The number of benzene rings is 2. The summed E-state index contributed by atoms with van der Waals surface area (Å²) in [6.45, 7) is 1.71. The highest BCUT2D eigenvalue weighted by Gasteiger charge is 2.32. The lowest BCUT2D eigenvalue weighted by Crippen LogP contribution is -2.26. The minimum Gasteiger partial charge on any atom is -0.493 e. The first kappa shape index (κ1) is 23.8. The fourth-order valence-corrected chi connectivity index (χ4v) is 3.73. The number of amides is 2. The third kappa shape index (κ3) is 6.81. The lowest BCUT2D eigenvalue weighted by molar-refractivity contribution is -0.138. The minimum absolute atomic E-state index is 0.194. The summed E-state index contributed by atoms with van der Waals surface area (Å²) in [6, 6.07) is 12.4. The first-order valence-electron chi connectivity index (χ1n) is 9.82. The molecule has 1 aliphatic rings. The van der Waals surface area contributed by atoms with E-state index in [-0.39, 0.29) is 24.1 Å². The third-order valence-corrected chi connectivity index (χ3v) is 5.53. The molecule has 2 aromatic rings. The van der Waals surface area contributed by atoms with Gasteiger partial charge in [0.15, 0.2) is 23.3 Å². The normalized spacial score (nSPS) is 16.6. The quantitative estimate of drug-likeness (QED) is 0.378. The van der Waals surface area contributed by atoms with Gasteiger partial charge in [0.25, 0.3) is 5.91 Å². The van der Waals surface area contributed by atoms with Gasteiger partial charge in [0.2, 0.25) is 5.91 Å². The summed E-state index contributed by atoms with van der Waals surface area (Å²) in [4.78, 5) is 34.7. The predicted molar refractivity (Wildman–Crippen MR) is 125 cm³/mol. The molecule has 0 saturated carbocycles. The van der Waals surface area contributed by atoms with Crippen LogP contribution >= 0.6 is 11.8 Å². The van der Waals surface area contributed by atoms with E-state index in [1.165, 1.54) is 13.3 Å². The van der Waals surface area contributed by atoms with Crippen LogP contribution in [0, 0.1) is 6.92 Å². The predicted octanol–water partition coefficient (Wildman–Crippen LogP) is 2.42. The third-order valence-electron chi connectivity index (χ3n) is 4.46. The van der Waals surface area contributed by atoms with Crippen LogP contribution in [0.2, 0.25) is 0 Å². The molecule has 1 saturated heterocycles. The average Bonchev–Trinajstić information content (AvgIpc) is 3.12. The van der Waals surface area contributed by atoms with Crippen molar-refractivity contribution < 1.29 is 29.0 Å². The van der Waals surface area contributed by atoms with Crippen molar-refractivity contribution >= 4 is 46.6 Å². The Bertz CT molecular complexity index is 1120. The van der Waals surface area contributed by atoms with E-state index in [1.54, 1.807) is 18.2 Å². The number of carbonyl (C=O) groups is 3. The second kappa shape index (κ2) is 11.1. The fourth-order valence-electron chi connectivity index (χ4n) is 2.82. The highest BCUT2D eigenvalue weighted by molar-refractivity contribution is 8.15. The zero-order chi connectivity index (χ0) is 23.8. The number of thioether (sulfide) groups is 1. The molecule has 3 N–H and O–H groups in total. The number of amidine groups is 1. The number of carbonyl (C=O) groups excluding carboxylic acids is 2. The molecule has 10 nitrogen and oxygen atoms in total. The first-order chi connectivity index (χ1) is 15.9. The zero-order valence-electron chi connectivity index (χ0n) is 17.9. The van der Waals surface area contributed by atoms with Gasteiger partial charge >= 0.3 is 5.97 Å². The van der Waals surface area contributed by atoms with Crippen molar-refractivity contribution in [1.82, 2.24) is 5.32 Å². The molecule has 1 fully saturated rings. The van der Waals surface area contributed by atoms with Gasteiger partial charge < -0.3 is 25.2 Å². The Morgan fingerprint density at radius 1 is 1.24 bits per heavy atom. The summed E-state index contributed by atoms with van der Waals surface area (Å²) >= 11 is 1.02. The van der Waals surface area contributed by atoms with Crippen molar-refractivity contribution in [2.24, 2.45) is 10.2 Å². The molecule has 0 aliphatic carbocycles. The standard InChI is InChI=1S/C22H22N4O6S/c1-13-5-3-4-6-15(13)24-19(27)12-32-16-8-7-14(9-17(16)31-2)11-23-26-22-25-21(30)18(33-22)10-20(28)29/h3-9,11,18H,10,12H2,1-2H3,(H,24,27)(H,28,29)(H,25,26,30). The number of anilines is 1. The monoisotopic (exact) mass is 470 g/mol. The fraction of sp³-hybridized carbons (Fsp3) is 0.227. The molecule has 2 amide bonds. The molecule has 33 heavy (non-hydrogen) atoms. The molecule has 3 rings (SSSR count). The maximum Gasteiger partial charge on any atom is 0.305 e. The smallest absolute Gasteiger partial charge is 0.305 e. The molecule has 2 aromatic carbocycles. The number of methoxy groups -OCH3 is 1. The molecule has 1 heterocycles. The number of ether oxygens (including phenoxy) is 2. The van der Waals surface area contributed by atoms with Crippen LogP contribution in [0.15, 0.2) is 52.7 Å². The van der Waals surface area contributed by atoms with E-state index in [1.807, 2.05) is 31.2 Å². The van der Waals surface area contributed by atoms with Gasteiger partial charge in [-0.1, -0.05) is 30.0 Å². The van der Waals surface area contributed by atoms with Crippen LogP contribution in [0.25, 0.3) is 0 Å². The van der Waals surface area contributed by atoms with Crippen LogP contribution in [0.3, 0.4) is 0 Å². The topological polar surface area (TPSA) is 139 Å². The molecular formula is C22H22N4O6S. The molecule has 0 spiro atoms. The van der Waals surface area contributed by atoms with Gasteiger partial charge in [-0.2, -0.15) is 5.10 Å². The lowest BCUT2D eigenvalue weighted by atomic mass is 10.2. The lowest BCUT2D eigenvalue weighted by Gasteiger charge is -2.12. The largest absolute Gasteiger partial charge is 0.493 e. The van der Waals surface area contributed by atoms with Crippen molar-refractivity contribution in [3.8, 4) is 11.5 Å². The van der Waals surface area contributed by atoms with Gasteiger partial charge in [0.05, 0.1) is 19.7 Å². The molecule has 1 atom stereocenters. The SMILES string of the molecule is COc1cc(C=NN=C2NC(=O)C(CC(=O)O)S2)ccc1OCC(=O)Nc1ccccc1C. The van der Waals surface area contributed by atoms with Gasteiger partial charge in [0, 0.05) is 5.69 Å². The highest BCUT2D eigenvalue weighted by atomic mass is 32.2.